The van der Waals surface area contributed by atoms with Crippen LogP contribution in [0, 0.1) is 64.1 Å². The van der Waals surface area contributed by atoms with Crippen molar-refractivity contribution in [2.45, 2.75) is 20.8 Å². The van der Waals surface area contributed by atoms with E-state index in [0.717, 1.165) is 0 Å². The minimum Gasteiger partial charge on any atom is 0 e. The molecule has 138 valence electrons. The molecule has 8 nitrogen and oxygen atoms in total. The fraction of sp³-hybridized carbons (Fsp3) is 0.333. The Morgan fingerprint density at radius 3 is 0.920 bits per heavy atom. The molecule has 0 amide bonds. The molecule has 0 aromatic heterocycles. The molecule has 0 heterocycles. The van der Waals surface area contributed by atoms with E-state index < -0.39 is 5.92 Å². The van der Waals surface area contributed by atoms with Gasteiger partial charge in [-0.05, 0) is 13.8 Å². The number of carbonyl (C=O) groups is 2. The summed E-state index contributed by atoms with van der Waals surface area (Å²) < 4.78 is 45.0. The van der Waals surface area contributed by atoms with Gasteiger partial charge in [-0.15, -0.1) is 12.3 Å². The topological polar surface area (TPSA) is 154 Å². The van der Waals surface area contributed by atoms with E-state index in [1.807, 2.05) is 0 Å². The number of ketones is 2. The summed E-state index contributed by atoms with van der Waals surface area (Å²) in [6, 6.07) is 0. The fourth-order valence-electron chi connectivity index (χ4n) is 1.09. The van der Waals surface area contributed by atoms with E-state index in [9.17, 15) is 9.59 Å². The molecule has 0 aromatic rings. The van der Waals surface area contributed by atoms with E-state index in [1.54, 1.807) is 6.92 Å². The minimum absolute atomic E-state index is 0. The van der Waals surface area contributed by atoms with Gasteiger partial charge < -0.3 is 0 Å². The molecular weight excluding hydrogens is 426 g/mol. The van der Waals surface area contributed by atoms with Crippen molar-refractivity contribution in [3.8, 4) is 12.3 Å². The van der Waals surface area contributed by atoms with Crippen LogP contribution < -0.4 is 0 Å². The van der Waals surface area contributed by atoms with E-state index in [1.165, 1.54) is 13.8 Å². The van der Waals surface area contributed by atoms with Crippen molar-refractivity contribution in [1.29, 1.82) is 0 Å². The molecule has 0 saturated heterocycles. The molecule has 0 rings (SSSR count). The quantitative estimate of drug-likeness (QED) is 0.277. The maximum Gasteiger partial charge on any atom is 0 e. The summed E-state index contributed by atoms with van der Waals surface area (Å²) in [4.78, 5) is 21.7. The second-order valence-corrected chi connectivity index (χ2v) is 2.65. The predicted octanol–water partition coefficient (Wildman–Crippen LogP) is 0.820. The van der Waals surface area contributed by atoms with Crippen molar-refractivity contribution in [3.05, 3.63) is 39.9 Å². The van der Waals surface area contributed by atoms with Crippen LogP contribution in [0.4, 0.5) is 0 Å². The summed E-state index contributed by atoms with van der Waals surface area (Å²) in [5.74, 6) is 1.19. The Morgan fingerprint density at radius 2 is 0.880 bits per heavy atom. The Kier molecular flexibility index (Phi) is 179. The first kappa shape index (κ1) is 56.6. The largest absolute Gasteiger partial charge is 0 e. The average Bonchev–Trinajstić information content (AvgIpc) is 2.64. The van der Waals surface area contributed by atoms with Crippen molar-refractivity contribution >= 4 is 11.6 Å². The molecule has 2 radical (unpaired) electrons. The Bertz CT molecular complexity index is 378. The SMILES string of the molecule is C#CC(C)C(C(C)=O)C(C)=O.[C-]#[O+].[C-]#[O+].[C-]#[O+].[C-]#[O+].[C-]#[O+].[C-]#[O+].[Co].[Co]. The van der Waals surface area contributed by atoms with Crippen LogP contribution in [0.2, 0.25) is 0 Å². The van der Waals surface area contributed by atoms with Gasteiger partial charge in [-0.25, -0.2) is 0 Å². The van der Waals surface area contributed by atoms with E-state index in [-0.39, 0.29) is 51.0 Å². The molecule has 25 heavy (non-hydrogen) atoms. The third-order valence-electron chi connectivity index (χ3n) is 1.64. The molecule has 0 N–H and O–H groups in total. The van der Waals surface area contributed by atoms with Gasteiger partial charge in [0, 0.05) is 39.5 Å². The van der Waals surface area contributed by atoms with Crippen molar-refractivity contribution in [3.63, 3.8) is 0 Å². The second-order valence-electron chi connectivity index (χ2n) is 2.65. The molecule has 10 heteroatoms. The Hall–Kier alpha value is -1.65. The van der Waals surface area contributed by atoms with Gasteiger partial charge in [0.1, 0.15) is 11.6 Å². The van der Waals surface area contributed by atoms with E-state index in [2.05, 4.69) is 45.8 Å². The third kappa shape index (κ3) is 60.7. The minimum atomic E-state index is -0.611. The van der Waals surface area contributed by atoms with Gasteiger partial charge in [0.2, 0.25) is 0 Å². The summed E-state index contributed by atoms with van der Waals surface area (Å²) in [6.45, 7) is 31.5. The van der Waals surface area contributed by atoms with Gasteiger partial charge in [0.15, 0.2) is 0 Å². The second kappa shape index (κ2) is 79.1. The zero-order chi connectivity index (χ0) is 21.0. The first-order valence-corrected chi connectivity index (χ1v) is 4.70. The Labute approximate surface area is 167 Å². The van der Waals surface area contributed by atoms with Crippen LogP contribution in [0.15, 0.2) is 0 Å². The van der Waals surface area contributed by atoms with Crippen LogP contribution in [0.5, 0.6) is 0 Å². The van der Waals surface area contributed by atoms with Gasteiger partial charge >= 0.3 is 67.8 Å². The zero-order valence-electron chi connectivity index (χ0n) is 13.2. The maximum absolute atomic E-state index is 10.9. The molecular formula is C15H12Co2O8. The molecule has 0 aliphatic heterocycles. The summed E-state index contributed by atoms with van der Waals surface area (Å²) in [7, 11) is 0. The van der Waals surface area contributed by atoms with Crippen LogP contribution >= 0.6 is 0 Å². The van der Waals surface area contributed by atoms with Gasteiger partial charge in [0.25, 0.3) is 0 Å². The first-order chi connectivity index (χ1) is 11.0. The summed E-state index contributed by atoms with van der Waals surface area (Å²) in [6.07, 6.45) is 5.09. The molecule has 0 saturated carbocycles. The molecule has 0 aromatic carbocycles. The van der Waals surface area contributed by atoms with Crippen molar-refractivity contribution in [2.24, 2.45) is 11.8 Å². The summed E-state index contributed by atoms with van der Waals surface area (Å²) >= 11 is 0. The van der Waals surface area contributed by atoms with E-state index in [0.29, 0.717) is 0 Å². The summed E-state index contributed by atoms with van der Waals surface area (Å²) in [5.41, 5.74) is 0. The molecule has 0 spiro atoms. The van der Waals surface area contributed by atoms with Gasteiger partial charge in [-0.1, -0.05) is 6.92 Å². The maximum atomic E-state index is 10.9. The first-order valence-electron chi connectivity index (χ1n) is 4.70. The van der Waals surface area contributed by atoms with Crippen LogP contribution in [0.25, 0.3) is 0 Å². The number of hydrogen-bond donors (Lipinski definition) is 0. The molecule has 0 bridgehead atoms. The molecule has 0 fully saturated rings. The van der Waals surface area contributed by atoms with E-state index in [4.69, 9.17) is 34.3 Å². The number of Topliss-reactive ketones (excluding diaryl/α,β-unsaturated/α-hetero) is 2. The number of carbonyl (C=O) groups excluding carboxylic acids is 2. The van der Waals surface area contributed by atoms with Crippen molar-refractivity contribution < 1.29 is 71.1 Å². The average molecular weight is 438 g/mol. The number of terminal acetylenes is 1. The normalized spacial score (nSPS) is 5.88. The van der Waals surface area contributed by atoms with Crippen molar-refractivity contribution in [2.75, 3.05) is 0 Å². The van der Waals surface area contributed by atoms with Crippen molar-refractivity contribution in [1.82, 2.24) is 0 Å². The van der Waals surface area contributed by atoms with Crippen LogP contribution in [-0.4, -0.2) is 11.6 Å². The molecule has 0 aliphatic rings. The molecule has 0 aliphatic carbocycles. The summed E-state index contributed by atoms with van der Waals surface area (Å²) in [5, 5.41) is 0. The smallest absolute Gasteiger partial charge is 0 e. The standard InChI is InChI=1S/C9H12O2.6CO.2Co/c1-5-6(2)9(7(3)10)8(4)11;6*1-2;;/h1,6,9H,2-4H3;;;;;;;;. The fourth-order valence-corrected chi connectivity index (χ4v) is 1.09. The molecule has 1 unspecified atom stereocenters. The number of hydrogen-bond acceptors (Lipinski definition) is 2. The van der Waals surface area contributed by atoms with Crippen LogP contribution in [0.3, 0.4) is 0 Å². The monoisotopic (exact) mass is 438 g/mol. The van der Waals surface area contributed by atoms with Gasteiger partial charge in [-0.3, -0.25) is 9.59 Å². The predicted molar refractivity (Wildman–Crippen MR) is 66.4 cm³/mol. The number of rotatable bonds is 3. The van der Waals surface area contributed by atoms with Gasteiger partial charge in [0.05, 0.1) is 5.92 Å². The van der Waals surface area contributed by atoms with Gasteiger partial charge in [-0.2, -0.15) is 0 Å². The molecule has 1 atom stereocenters. The van der Waals surface area contributed by atoms with E-state index >= 15 is 0 Å². The van der Waals surface area contributed by atoms with Crippen LogP contribution in [0.1, 0.15) is 20.8 Å². The Balaban J connectivity index is -0.0000000223. The zero-order valence-corrected chi connectivity index (χ0v) is 15.2. The van der Waals surface area contributed by atoms with Crippen LogP contribution in [-0.2, 0) is 71.1 Å². The Morgan fingerprint density at radius 1 is 0.720 bits per heavy atom. The third-order valence-corrected chi connectivity index (χ3v) is 1.64.